The van der Waals surface area contributed by atoms with Crippen LogP contribution in [-0.4, -0.2) is 33.7 Å². The Bertz CT molecular complexity index is 1220. The van der Waals surface area contributed by atoms with Crippen molar-refractivity contribution in [3.63, 3.8) is 0 Å². The highest BCUT2D eigenvalue weighted by atomic mass is 32.1. The van der Waals surface area contributed by atoms with E-state index in [1.54, 1.807) is 42.3 Å². The summed E-state index contributed by atoms with van der Waals surface area (Å²) in [5, 5.41) is 5.67. The van der Waals surface area contributed by atoms with Crippen molar-refractivity contribution in [3.05, 3.63) is 88.0 Å². The Morgan fingerprint density at radius 1 is 1.00 bits per heavy atom. The van der Waals surface area contributed by atoms with Crippen LogP contribution in [0.1, 0.15) is 31.5 Å². The van der Waals surface area contributed by atoms with Gasteiger partial charge in [0.15, 0.2) is 0 Å². The minimum absolute atomic E-state index is 0.216. The first-order valence-electron chi connectivity index (χ1n) is 9.44. The summed E-state index contributed by atoms with van der Waals surface area (Å²) < 4.78 is 0. The number of para-hydroxylation sites is 2. The standard InChI is InChI=1S/C23H20N4O2S/c1-15-16-8-3-5-10-18(16)25-21(24-15)14-27(2)23(29)17-9-4-6-11-19(17)26-22(28)20-12-7-13-30-20/h3-13H,14H2,1-2H3,(H,26,28). The van der Waals surface area contributed by atoms with Crippen molar-refractivity contribution in [2.45, 2.75) is 13.5 Å². The van der Waals surface area contributed by atoms with E-state index in [4.69, 9.17) is 0 Å². The van der Waals surface area contributed by atoms with Crippen molar-refractivity contribution in [2.24, 2.45) is 0 Å². The van der Waals surface area contributed by atoms with Gasteiger partial charge in [-0.1, -0.05) is 36.4 Å². The number of thiophene rings is 1. The van der Waals surface area contributed by atoms with E-state index in [-0.39, 0.29) is 18.4 Å². The lowest BCUT2D eigenvalue weighted by Crippen LogP contribution is -2.28. The molecule has 4 aromatic rings. The molecule has 0 aliphatic rings. The molecule has 2 aromatic carbocycles. The summed E-state index contributed by atoms with van der Waals surface area (Å²) in [6.45, 7) is 2.20. The Balaban J connectivity index is 1.55. The molecule has 0 unspecified atom stereocenters. The molecular formula is C23H20N4O2S. The first-order valence-corrected chi connectivity index (χ1v) is 10.3. The summed E-state index contributed by atoms with van der Waals surface area (Å²) in [5.41, 5.74) is 2.62. The lowest BCUT2D eigenvalue weighted by Gasteiger charge is -2.19. The molecule has 150 valence electrons. The Kier molecular flexibility index (Phi) is 5.54. The first kappa shape index (κ1) is 19.7. The second kappa shape index (κ2) is 8.42. The largest absolute Gasteiger partial charge is 0.334 e. The number of aromatic nitrogens is 2. The zero-order valence-electron chi connectivity index (χ0n) is 16.6. The smallest absolute Gasteiger partial charge is 0.265 e. The Labute approximate surface area is 178 Å². The van der Waals surface area contributed by atoms with E-state index in [2.05, 4.69) is 15.3 Å². The third-order valence-electron chi connectivity index (χ3n) is 4.72. The number of hydrogen-bond acceptors (Lipinski definition) is 5. The predicted octanol–water partition coefficient (Wildman–Crippen LogP) is 4.52. The van der Waals surface area contributed by atoms with Crippen LogP contribution >= 0.6 is 11.3 Å². The average molecular weight is 417 g/mol. The van der Waals surface area contributed by atoms with E-state index in [9.17, 15) is 9.59 Å². The number of amides is 2. The molecule has 7 heteroatoms. The highest BCUT2D eigenvalue weighted by molar-refractivity contribution is 7.12. The fourth-order valence-electron chi connectivity index (χ4n) is 3.23. The van der Waals surface area contributed by atoms with Gasteiger partial charge in [0.2, 0.25) is 0 Å². The van der Waals surface area contributed by atoms with Crippen LogP contribution in [0.2, 0.25) is 0 Å². The van der Waals surface area contributed by atoms with Crippen molar-refractivity contribution in [2.75, 3.05) is 12.4 Å². The number of benzene rings is 2. The van der Waals surface area contributed by atoms with Gasteiger partial charge in [-0.3, -0.25) is 9.59 Å². The number of hydrogen-bond donors (Lipinski definition) is 1. The fraction of sp³-hybridized carbons (Fsp3) is 0.130. The summed E-state index contributed by atoms with van der Waals surface area (Å²) in [6, 6.07) is 18.4. The van der Waals surface area contributed by atoms with E-state index in [1.165, 1.54) is 11.3 Å². The van der Waals surface area contributed by atoms with E-state index >= 15 is 0 Å². The molecule has 0 radical (unpaired) electrons. The minimum atomic E-state index is -0.235. The summed E-state index contributed by atoms with van der Waals surface area (Å²) in [5.74, 6) is 0.120. The monoisotopic (exact) mass is 416 g/mol. The van der Waals surface area contributed by atoms with Gasteiger partial charge in [-0.05, 0) is 36.6 Å². The van der Waals surface area contributed by atoms with Crippen molar-refractivity contribution < 1.29 is 9.59 Å². The van der Waals surface area contributed by atoms with Crippen LogP contribution < -0.4 is 5.32 Å². The number of carbonyl (C=O) groups excluding carboxylic acids is 2. The summed E-state index contributed by atoms with van der Waals surface area (Å²) >= 11 is 1.35. The van der Waals surface area contributed by atoms with E-state index in [0.29, 0.717) is 22.0 Å². The highest BCUT2D eigenvalue weighted by Crippen LogP contribution is 2.21. The fourth-order valence-corrected chi connectivity index (χ4v) is 3.84. The normalized spacial score (nSPS) is 10.7. The minimum Gasteiger partial charge on any atom is -0.334 e. The number of nitrogens with zero attached hydrogens (tertiary/aromatic N) is 3. The molecule has 1 N–H and O–H groups in total. The Morgan fingerprint density at radius 2 is 1.77 bits per heavy atom. The van der Waals surface area contributed by atoms with Crippen LogP contribution in [0.4, 0.5) is 5.69 Å². The van der Waals surface area contributed by atoms with Gasteiger partial charge in [0.25, 0.3) is 11.8 Å². The van der Waals surface area contributed by atoms with Gasteiger partial charge < -0.3 is 10.2 Å². The lowest BCUT2D eigenvalue weighted by atomic mass is 10.1. The quantitative estimate of drug-likeness (QED) is 0.519. The summed E-state index contributed by atoms with van der Waals surface area (Å²) in [4.78, 5) is 36.8. The van der Waals surface area contributed by atoms with Crippen LogP contribution in [0.3, 0.4) is 0 Å². The van der Waals surface area contributed by atoms with Gasteiger partial charge in [-0.2, -0.15) is 0 Å². The van der Waals surface area contributed by atoms with Crippen molar-refractivity contribution in [1.82, 2.24) is 14.9 Å². The van der Waals surface area contributed by atoms with Gasteiger partial charge in [0, 0.05) is 18.1 Å². The first-order chi connectivity index (χ1) is 14.5. The number of rotatable bonds is 5. The van der Waals surface area contributed by atoms with Crippen molar-refractivity contribution in [3.8, 4) is 0 Å². The van der Waals surface area contributed by atoms with Crippen molar-refractivity contribution in [1.29, 1.82) is 0 Å². The third-order valence-corrected chi connectivity index (χ3v) is 5.58. The van der Waals surface area contributed by atoms with E-state index in [1.807, 2.05) is 42.6 Å². The SMILES string of the molecule is Cc1nc(CN(C)C(=O)c2ccccc2NC(=O)c2cccs2)nc2ccccc12. The van der Waals surface area contributed by atoms with E-state index in [0.717, 1.165) is 16.6 Å². The molecule has 0 aliphatic heterocycles. The molecule has 2 heterocycles. The maximum atomic E-state index is 13.1. The van der Waals surface area contributed by atoms with Gasteiger partial charge in [-0.15, -0.1) is 11.3 Å². The molecule has 2 aromatic heterocycles. The van der Waals surface area contributed by atoms with Gasteiger partial charge in [0.05, 0.1) is 28.2 Å². The van der Waals surface area contributed by atoms with Crippen LogP contribution in [0.25, 0.3) is 10.9 Å². The molecule has 0 bridgehead atoms. The summed E-state index contributed by atoms with van der Waals surface area (Å²) in [6.07, 6.45) is 0. The number of nitrogens with one attached hydrogen (secondary N) is 1. The van der Waals surface area contributed by atoms with Crippen molar-refractivity contribution >= 4 is 39.7 Å². The van der Waals surface area contributed by atoms with Gasteiger partial charge >= 0.3 is 0 Å². The molecule has 0 saturated carbocycles. The molecule has 4 rings (SSSR count). The molecule has 6 nitrogen and oxygen atoms in total. The van der Waals surface area contributed by atoms with Gasteiger partial charge in [-0.25, -0.2) is 9.97 Å². The molecular weight excluding hydrogens is 396 g/mol. The van der Waals surface area contributed by atoms with Crippen LogP contribution in [-0.2, 0) is 6.54 Å². The zero-order valence-corrected chi connectivity index (χ0v) is 17.4. The highest BCUT2D eigenvalue weighted by Gasteiger charge is 2.19. The predicted molar refractivity (Wildman–Crippen MR) is 119 cm³/mol. The molecule has 2 amide bonds. The molecule has 0 saturated heterocycles. The molecule has 0 aliphatic carbocycles. The molecule has 0 fully saturated rings. The number of anilines is 1. The maximum Gasteiger partial charge on any atom is 0.265 e. The average Bonchev–Trinajstić information content (AvgIpc) is 3.29. The number of aryl methyl sites for hydroxylation is 1. The summed E-state index contributed by atoms with van der Waals surface area (Å²) in [7, 11) is 1.70. The third kappa shape index (κ3) is 4.06. The Hall–Kier alpha value is -3.58. The van der Waals surface area contributed by atoms with Crippen LogP contribution in [0.5, 0.6) is 0 Å². The molecule has 30 heavy (non-hydrogen) atoms. The number of fused-ring (bicyclic) bond motifs is 1. The maximum absolute atomic E-state index is 13.1. The van der Waals surface area contributed by atoms with Crippen LogP contribution in [0.15, 0.2) is 66.0 Å². The van der Waals surface area contributed by atoms with Gasteiger partial charge in [0.1, 0.15) is 5.82 Å². The zero-order chi connectivity index (χ0) is 21.1. The molecule has 0 spiro atoms. The number of carbonyl (C=O) groups is 2. The van der Waals surface area contributed by atoms with Crippen LogP contribution in [0, 0.1) is 6.92 Å². The second-order valence-electron chi connectivity index (χ2n) is 6.88. The van der Waals surface area contributed by atoms with E-state index < -0.39 is 0 Å². The lowest BCUT2D eigenvalue weighted by molar-refractivity contribution is 0.0782. The topological polar surface area (TPSA) is 75.2 Å². The second-order valence-corrected chi connectivity index (χ2v) is 7.83. The Morgan fingerprint density at radius 3 is 2.57 bits per heavy atom. The molecule has 0 atom stereocenters.